The van der Waals surface area contributed by atoms with Crippen LogP contribution in [0.2, 0.25) is 0 Å². The van der Waals surface area contributed by atoms with Crippen LogP contribution in [-0.4, -0.2) is 45.8 Å². The van der Waals surface area contributed by atoms with Gasteiger partial charge in [-0.3, -0.25) is 0 Å². The Kier molecular flexibility index (Phi) is 29.4. The molecule has 0 aliphatic carbocycles. The molecule has 0 heterocycles. The second-order valence-corrected chi connectivity index (χ2v) is 7.63. The first kappa shape index (κ1) is 33.2. The minimum Gasteiger partial charge on any atom is -0.396 e. The van der Waals surface area contributed by atoms with E-state index in [1.54, 1.807) is 27.7 Å². The molecule has 0 amide bonds. The summed E-state index contributed by atoms with van der Waals surface area (Å²) in [5.74, 6) is 0. The minimum absolute atomic E-state index is 0. The van der Waals surface area contributed by atoms with Crippen LogP contribution in [0, 0.1) is 10.8 Å². The molecule has 4 N–H and O–H groups in total. The maximum absolute atomic E-state index is 8.40. The van der Waals surface area contributed by atoms with E-state index >= 15 is 0 Å². The first-order valence-electron chi connectivity index (χ1n) is 7.17. The molecule has 0 saturated heterocycles. The molecule has 21 heavy (non-hydrogen) atoms. The third-order valence-electron chi connectivity index (χ3n) is 0.949. The van der Waals surface area contributed by atoms with Gasteiger partial charge in [0.1, 0.15) is 0 Å². The van der Waals surface area contributed by atoms with Gasteiger partial charge in [-0.15, -0.1) is 0 Å². The quantitative estimate of drug-likeness (QED) is 0.510. The van der Waals surface area contributed by atoms with E-state index in [1.165, 1.54) is 0 Å². The predicted molar refractivity (Wildman–Crippen MR) is 87.8 cm³/mol. The molecule has 132 valence electrons. The third-order valence-corrected chi connectivity index (χ3v) is 0.949. The largest absolute Gasteiger partial charge is 0.396 e. The Morgan fingerprint density at radius 3 is 0.667 bits per heavy atom. The molecule has 0 spiro atoms. The van der Waals surface area contributed by atoms with Crippen molar-refractivity contribution in [3.63, 3.8) is 0 Å². The van der Waals surface area contributed by atoms with E-state index in [0.717, 1.165) is 0 Å². The molecule has 0 aromatic heterocycles. The van der Waals surface area contributed by atoms with Crippen LogP contribution in [0.1, 0.15) is 69.2 Å². The van der Waals surface area contributed by atoms with E-state index in [0.29, 0.717) is 0 Å². The second kappa shape index (κ2) is 18.6. The number of aliphatic hydroxyl groups excluding tert-OH is 4. The van der Waals surface area contributed by atoms with E-state index in [4.69, 9.17) is 20.4 Å². The number of rotatable bonds is 0. The summed E-state index contributed by atoms with van der Waals surface area (Å²) < 4.78 is 0. The van der Waals surface area contributed by atoms with Crippen LogP contribution in [0.25, 0.3) is 0 Å². The average molecular weight is 344 g/mol. The maximum atomic E-state index is 8.40. The molecule has 0 rings (SSSR count). The van der Waals surface area contributed by atoms with Crippen molar-refractivity contribution in [3.05, 3.63) is 0 Å². The van der Waals surface area contributed by atoms with Crippen LogP contribution < -0.4 is 0 Å². The number of hydrogen-bond donors (Lipinski definition) is 4. The molecule has 0 aromatic rings. The van der Waals surface area contributed by atoms with E-state index < -0.39 is 0 Å². The van der Waals surface area contributed by atoms with Crippen LogP contribution in [0.3, 0.4) is 0 Å². The zero-order valence-corrected chi connectivity index (χ0v) is 17.4. The first-order valence-corrected chi connectivity index (χ1v) is 7.17. The van der Waals surface area contributed by atoms with Gasteiger partial charge in [0.25, 0.3) is 0 Å². The molecule has 0 unspecified atom stereocenters. The van der Waals surface area contributed by atoms with Gasteiger partial charge in [0.2, 0.25) is 0 Å². The Labute approximate surface area is 147 Å². The van der Waals surface area contributed by atoms with Gasteiger partial charge < -0.3 is 20.4 Å². The van der Waals surface area contributed by atoms with Crippen LogP contribution in [0.15, 0.2) is 0 Å². The SMILES string of the molecule is CC(C)(C)CO.CC(C)(C)CO.CC(C)O.CC(C)O.[Ti]. The molecule has 0 saturated carbocycles. The zero-order chi connectivity index (χ0) is 17.6. The van der Waals surface area contributed by atoms with Gasteiger partial charge in [-0.1, -0.05) is 41.5 Å². The molecule has 0 atom stereocenters. The zero-order valence-electron chi connectivity index (χ0n) is 15.9. The summed E-state index contributed by atoms with van der Waals surface area (Å²) in [5, 5.41) is 32.9. The summed E-state index contributed by atoms with van der Waals surface area (Å²) in [6, 6.07) is 0. The van der Waals surface area contributed by atoms with E-state index in [2.05, 4.69) is 0 Å². The fourth-order valence-corrected chi connectivity index (χ4v) is 0. The van der Waals surface area contributed by atoms with Gasteiger partial charge in [0.15, 0.2) is 0 Å². The first-order chi connectivity index (χ1) is 8.59. The minimum atomic E-state index is -0.167. The van der Waals surface area contributed by atoms with Gasteiger partial charge in [0, 0.05) is 47.1 Å². The summed E-state index contributed by atoms with van der Waals surface area (Å²) in [7, 11) is 0. The molecule has 0 aliphatic rings. The Hall–Kier alpha value is 0.554. The Morgan fingerprint density at radius 2 is 0.667 bits per heavy atom. The van der Waals surface area contributed by atoms with Crippen molar-refractivity contribution < 1.29 is 42.1 Å². The second-order valence-electron chi connectivity index (χ2n) is 7.63. The smallest absolute Gasteiger partial charge is 0.0483 e. The van der Waals surface area contributed by atoms with Gasteiger partial charge >= 0.3 is 0 Å². The molecule has 5 heteroatoms. The van der Waals surface area contributed by atoms with E-state index in [-0.39, 0.29) is 58.0 Å². The molecular formula is C16H40O4Ti. The van der Waals surface area contributed by atoms with Crippen LogP contribution in [0.5, 0.6) is 0 Å². The fraction of sp³-hybridized carbons (Fsp3) is 1.00. The van der Waals surface area contributed by atoms with E-state index in [9.17, 15) is 0 Å². The predicted octanol–water partition coefficient (Wildman–Crippen LogP) is 2.82. The number of hydrogen-bond acceptors (Lipinski definition) is 4. The summed E-state index contributed by atoms with van der Waals surface area (Å²) >= 11 is 0. The van der Waals surface area contributed by atoms with Crippen molar-refractivity contribution >= 4 is 0 Å². The normalized spacial score (nSPS) is 10.3. The van der Waals surface area contributed by atoms with Crippen LogP contribution >= 0.6 is 0 Å². The van der Waals surface area contributed by atoms with Gasteiger partial charge in [-0.25, -0.2) is 0 Å². The topological polar surface area (TPSA) is 80.9 Å². The van der Waals surface area contributed by atoms with Crippen molar-refractivity contribution in [2.24, 2.45) is 10.8 Å². The Balaban J connectivity index is -0.0000000544. The third kappa shape index (κ3) is 165. The van der Waals surface area contributed by atoms with Crippen LogP contribution in [-0.2, 0) is 21.7 Å². The van der Waals surface area contributed by atoms with Crippen molar-refractivity contribution in [2.75, 3.05) is 13.2 Å². The van der Waals surface area contributed by atoms with Gasteiger partial charge in [-0.05, 0) is 38.5 Å². The molecule has 0 fully saturated rings. The molecule has 4 nitrogen and oxygen atoms in total. The Morgan fingerprint density at radius 1 is 0.619 bits per heavy atom. The molecule has 0 aliphatic heterocycles. The number of aliphatic hydroxyl groups is 4. The summed E-state index contributed by atoms with van der Waals surface area (Å²) in [4.78, 5) is 0. The average Bonchev–Trinajstić information content (AvgIpc) is 2.14. The molecular weight excluding hydrogens is 304 g/mol. The molecule has 0 radical (unpaired) electrons. The van der Waals surface area contributed by atoms with Crippen molar-refractivity contribution in [1.29, 1.82) is 0 Å². The molecule has 0 aromatic carbocycles. The van der Waals surface area contributed by atoms with Crippen molar-refractivity contribution in [3.8, 4) is 0 Å². The van der Waals surface area contributed by atoms with Crippen LogP contribution in [0.4, 0.5) is 0 Å². The molecule has 0 bridgehead atoms. The summed E-state index contributed by atoms with van der Waals surface area (Å²) in [5.41, 5.74) is 0.194. The van der Waals surface area contributed by atoms with Crippen molar-refractivity contribution in [1.82, 2.24) is 0 Å². The maximum Gasteiger partial charge on any atom is 0.0483 e. The standard InChI is InChI=1S/2C5H12O.2C3H8O.Ti/c2*1-5(2,3)4-6;2*1-3(2)4;/h2*6H,4H2,1-3H3;2*3-4H,1-2H3;. The van der Waals surface area contributed by atoms with E-state index in [1.807, 2.05) is 41.5 Å². The summed E-state index contributed by atoms with van der Waals surface area (Å²) in [6.45, 7) is 19.4. The van der Waals surface area contributed by atoms with Crippen molar-refractivity contribution in [2.45, 2.75) is 81.4 Å². The Bertz CT molecular complexity index is 145. The monoisotopic (exact) mass is 344 g/mol. The fourth-order valence-electron chi connectivity index (χ4n) is 0. The van der Waals surface area contributed by atoms with Gasteiger partial charge in [0.05, 0.1) is 0 Å². The van der Waals surface area contributed by atoms with Gasteiger partial charge in [-0.2, -0.15) is 0 Å². The summed E-state index contributed by atoms with van der Waals surface area (Å²) in [6.07, 6.45) is -0.333.